The summed E-state index contributed by atoms with van der Waals surface area (Å²) in [6, 6.07) is 10.3. The van der Waals surface area contributed by atoms with Crippen LogP contribution in [0.1, 0.15) is 58.7 Å². The van der Waals surface area contributed by atoms with Crippen LogP contribution < -0.4 is 5.32 Å². The number of nitrogens with zero attached hydrogens (tertiary/aromatic N) is 1. The van der Waals surface area contributed by atoms with Crippen molar-refractivity contribution in [2.24, 2.45) is 5.41 Å². The maximum atomic E-state index is 3.66. The lowest BCUT2D eigenvalue weighted by Gasteiger charge is -2.42. The number of hydrogen-bond donors (Lipinski definition) is 1. The molecule has 0 radical (unpaired) electrons. The first-order chi connectivity index (χ1) is 9.68. The predicted molar refractivity (Wildman–Crippen MR) is 93.7 cm³/mol. The van der Waals surface area contributed by atoms with Crippen molar-refractivity contribution in [3.8, 4) is 0 Å². The SMILES string of the molecule is CCNC(c1ccc(C)cc1)C(C)N(C)C(C)C(C)(C)C. The van der Waals surface area contributed by atoms with Gasteiger partial charge in [-0.2, -0.15) is 0 Å². The number of likely N-dealkylation sites (N-methyl/N-ethyl adjacent to an activating group) is 2. The second-order valence-electron chi connectivity index (χ2n) is 7.39. The summed E-state index contributed by atoms with van der Waals surface area (Å²) in [5.41, 5.74) is 2.98. The van der Waals surface area contributed by atoms with Crippen molar-refractivity contribution >= 4 is 0 Å². The molecule has 0 heterocycles. The summed E-state index contributed by atoms with van der Waals surface area (Å²) < 4.78 is 0. The molecule has 120 valence electrons. The maximum Gasteiger partial charge on any atom is 0.0475 e. The van der Waals surface area contributed by atoms with E-state index in [1.54, 1.807) is 0 Å². The molecular formula is C19H34N2. The van der Waals surface area contributed by atoms with E-state index < -0.39 is 0 Å². The molecule has 0 amide bonds. The largest absolute Gasteiger partial charge is 0.309 e. The Kier molecular flexibility index (Phi) is 6.42. The highest BCUT2D eigenvalue weighted by atomic mass is 15.2. The minimum Gasteiger partial charge on any atom is -0.309 e. The van der Waals surface area contributed by atoms with Crippen LogP contribution in [0.25, 0.3) is 0 Å². The van der Waals surface area contributed by atoms with Crippen molar-refractivity contribution in [2.75, 3.05) is 13.6 Å². The Morgan fingerprint density at radius 2 is 1.62 bits per heavy atom. The zero-order valence-electron chi connectivity index (χ0n) is 15.2. The summed E-state index contributed by atoms with van der Waals surface area (Å²) in [5, 5.41) is 3.66. The Balaban J connectivity index is 2.96. The summed E-state index contributed by atoms with van der Waals surface area (Å²) in [5.74, 6) is 0. The highest BCUT2D eigenvalue weighted by molar-refractivity contribution is 5.25. The van der Waals surface area contributed by atoms with E-state index in [0.29, 0.717) is 18.1 Å². The van der Waals surface area contributed by atoms with Gasteiger partial charge in [0.05, 0.1) is 0 Å². The van der Waals surface area contributed by atoms with Crippen molar-refractivity contribution < 1.29 is 0 Å². The van der Waals surface area contributed by atoms with Crippen LogP contribution in [0.15, 0.2) is 24.3 Å². The number of benzene rings is 1. The Bertz CT molecular complexity index is 416. The number of hydrogen-bond acceptors (Lipinski definition) is 2. The van der Waals surface area contributed by atoms with Crippen LogP contribution in [-0.4, -0.2) is 30.6 Å². The molecule has 0 fully saturated rings. The van der Waals surface area contributed by atoms with Crippen LogP contribution in [0.4, 0.5) is 0 Å². The highest BCUT2D eigenvalue weighted by Crippen LogP contribution is 2.28. The number of nitrogens with one attached hydrogen (secondary N) is 1. The molecule has 2 heteroatoms. The van der Waals surface area contributed by atoms with Crippen molar-refractivity contribution in [1.82, 2.24) is 10.2 Å². The summed E-state index contributed by atoms with van der Waals surface area (Å²) in [4.78, 5) is 2.51. The Hall–Kier alpha value is -0.860. The first kappa shape index (κ1) is 18.2. The number of aryl methyl sites for hydroxylation is 1. The molecule has 1 aromatic carbocycles. The predicted octanol–water partition coefficient (Wildman–Crippen LogP) is 4.40. The van der Waals surface area contributed by atoms with Gasteiger partial charge in [-0.1, -0.05) is 57.5 Å². The van der Waals surface area contributed by atoms with E-state index in [1.165, 1.54) is 11.1 Å². The van der Waals surface area contributed by atoms with Gasteiger partial charge in [-0.15, -0.1) is 0 Å². The van der Waals surface area contributed by atoms with Crippen LogP contribution in [-0.2, 0) is 0 Å². The first-order valence-corrected chi connectivity index (χ1v) is 8.20. The third kappa shape index (κ3) is 4.82. The molecule has 3 atom stereocenters. The Morgan fingerprint density at radius 3 is 2.05 bits per heavy atom. The third-order valence-electron chi connectivity index (χ3n) is 4.85. The molecule has 3 unspecified atom stereocenters. The van der Waals surface area contributed by atoms with Gasteiger partial charge in [0.2, 0.25) is 0 Å². The fourth-order valence-electron chi connectivity index (χ4n) is 2.76. The van der Waals surface area contributed by atoms with Gasteiger partial charge in [0.1, 0.15) is 0 Å². The minimum atomic E-state index is 0.285. The molecule has 0 spiro atoms. The molecule has 1 N–H and O–H groups in total. The quantitative estimate of drug-likeness (QED) is 0.835. The lowest BCUT2D eigenvalue weighted by atomic mass is 9.85. The molecule has 0 bridgehead atoms. The van der Waals surface area contributed by atoms with Gasteiger partial charge in [-0.25, -0.2) is 0 Å². The maximum absolute atomic E-state index is 3.66. The minimum absolute atomic E-state index is 0.285. The van der Waals surface area contributed by atoms with E-state index >= 15 is 0 Å². The topological polar surface area (TPSA) is 15.3 Å². The van der Waals surface area contributed by atoms with E-state index in [4.69, 9.17) is 0 Å². The fourth-order valence-corrected chi connectivity index (χ4v) is 2.76. The summed E-state index contributed by atoms with van der Waals surface area (Å²) >= 11 is 0. The summed E-state index contributed by atoms with van der Waals surface area (Å²) in [6.45, 7) is 16.9. The summed E-state index contributed by atoms with van der Waals surface area (Å²) in [7, 11) is 2.25. The average Bonchev–Trinajstić information content (AvgIpc) is 2.42. The monoisotopic (exact) mass is 290 g/mol. The van der Waals surface area contributed by atoms with E-state index in [9.17, 15) is 0 Å². The van der Waals surface area contributed by atoms with Gasteiger partial charge in [0, 0.05) is 18.1 Å². The van der Waals surface area contributed by atoms with Gasteiger partial charge in [0.15, 0.2) is 0 Å². The van der Waals surface area contributed by atoms with E-state index in [-0.39, 0.29) is 5.41 Å². The molecule has 0 aliphatic heterocycles. The number of rotatable bonds is 6. The zero-order chi connectivity index (χ0) is 16.2. The van der Waals surface area contributed by atoms with Crippen molar-refractivity contribution in [3.63, 3.8) is 0 Å². The molecular weight excluding hydrogens is 256 g/mol. The Labute approximate surface area is 131 Å². The second-order valence-corrected chi connectivity index (χ2v) is 7.39. The van der Waals surface area contributed by atoms with E-state index in [0.717, 1.165) is 6.54 Å². The van der Waals surface area contributed by atoms with Gasteiger partial charge in [0.25, 0.3) is 0 Å². The second kappa shape index (κ2) is 7.42. The van der Waals surface area contributed by atoms with Crippen LogP contribution >= 0.6 is 0 Å². The molecule has 1 rings (SSSR count). The molecule has 2 nitrogen and oxygen atoms in total. The van der Waals surface area contributed by atoms with E-state index in [1.807, 2.05) is 0 Å². The normalized spacial score (nSPS) is 16.8. The van der Waals surface area contributed by atoms with Gasteiger partial charge in [-0.05, 0) is 45.3 Å². The lowest BCUT2D eigenvalue weighted by Crippen LogP contribution is -2.49. The Morgan fingerprint density at radius 1 is 1.10 bits per heavy atom. The summed E-state index contributed by atoms with van der Waals surface area (Å²) in [6.07, 6.45) is 0. The first-order valence-electron chi connectivity index (χ1n) is 8.20. The fraction of sp³-hybridized carbons (Fsp3) is 0.684. The molecule has 0 saturated heterocycles. The zero-order valence-corrected chi connectivity index (χ0v) is 15.2. The van der Waals surface area contributed by atoms with E-state index in [2.05, 4.69) is 90.0 Å². The van der Waals surface area contributed by atoms with Crippen LogP contribution in [0.2, 0.25) is 0 Å². The molecule has 0 saturated carbocycles. The lowest BCUT2D eigenvalue weighted by molar-refractivity contribution is 0.0855. The van der Waals surface area contributed by atoms with Crippen LogP contribution in [0.5, 0.6) is 0 Å². The van der Waals surface area contributed by atoms with Crippen molar-refractivity contribution in [2.45, 2.75) is 66.6 Å². The van der Waals surface area contributed by atoms with Crippen molar-refractivity contribution in [1.29, 1.82) is 0 Å². The average molecular weight is 290 g/mol. The van der Waals surface area contributed by atoms with Crippen molar-refractivity contribution in [3.05, 3.63) is 35.4 Å². The smallest absolute Gasteiger partial charge is 0.0475 e. The van der Waals surface area contributed by atoms with Gasteiger partial charge < -0.3 is 5.32 Å². The molecule has 0 aromatic heterocycles. The third-order valence-corrected chi connectivity index (χ3v) is 4.85. The highest BCUT2D eigenvalue weighted by Gasteiger charge is 2.30. The van der Waals surface area contributed by atoms with Gasteiger partial charge in [-0.3, -0.25) is 4.90 Å². The molecule has 0 aliphatic carbocycles. The van der Waals surface area contributed by atoms with Gasteiger partial charge >= 0.3 is 0 Å². The molecule has 1 aromatic rings. The van der Waals surface area contributed by atoms with Crippen LogP contribution in [0, 0.1) is 12.3 Å². The standard InChI is InChI=1S/C19H34N2/c1-9-20-18(17-12-10-14(2)11-13-17)15(3)21(8)16(4)19(5,6)7/h10-13,15-16,18,20H,9H2,1-8H3. The molecule has 0 aliphatic rings. The molecule has 21 heavy (non-hydrogen) atoms. The van der Waals surface area contributed by atoms with Crippen LogP contribution in [0.3, 0.4) is 0 Å².